The third-order valence-corrected chi connectivity index (χ3v) is 10.2. The minimum Gasteiger partial charge on any atom is -0.465 e. The van der Waals surface area contributed by atoms with E-state index in [9.17, 15) is 9.59 Å². The zero-order chi connectivity index (χ0) is 30.4. The van der Waals surface area contributed by atoms with Crippen molar-refractivity contribution in [3.63, 3.8) is 0 Å². The first-order valence-corrected chi connectivity index (χ1v) is 16.2. The van der Waals surface area contributed by atoms with Crippen molar-refractivity contribution in [2.45, 2.75) is 77.4 Å². The molecule has 0 spiro atoms. The second kappa shape index (κ2) is 11.9. The Morgan fingerprint density at radius 3 is 2.50 bits per heavy atom. The molecule has 44 heavy (non-hydrogen) atoms. The lowest BCUT2D eigenvalue weighted by Gasteiger charge is -2.32. The molecule has 7 rings (SSSR count). The number of hydrogen-bond donors (Lipinski definition) is 0. The van der Waals surface area contributed by atoms with Gasteiger partial charge < -0.3 is 9.30 Å². The number of esters is 1. The molecule has 0 bridgehead atoms. The molecule has 0 N–H and O–H groups in total. The number of aryl methyl sites for hydroxylation is 2. The van der Waals surface area contributed by atoms with Gasteiger partial charge in [-0.2, -0.15) is 0 Å². The normalized spacial score (nSPS) is 19.4. The third-order valence-electron chi connectivity index (χ3n) is 10.2. The fourth-order valence-corrected chi connectivity index (χ4v) is 7.57. The monoisotopic (exact) mass is 586 g/mol. The minimum atomic E-state index is -0.320. The van der Waals surface area contributed by atoms with E-state index in [0.717, 1.165) is 44.5 Å². The fourth-order valence-electron chi connectivity index (χ4n) is 7.57. The number of ether oxygens (including phenoxy) is 1. The number of rotatable bonds is 10. The first-order valence-electron chi connectivity index (χ1n) is 16.2. The zero-order valence-corrected chi connectivity index (χ0v) is 26.1. The number of hydrogen-bond acceptors (Lipinski definition) is 4. The summed E-state index contributed by atoms with van der Waals surface area (Å²) in [6.45, 7) is 7.31. The number of benzene rings is 3. The Bertz CT molecular complexity index is 1710. The minimum absolute atomic E-state index is 0.159. The molecule has 2 heterocycles. The van der Waals surface area contributed by atoms with E-state index in [4.69, 9.17) is 4.74 Å². The SMILES string of the molecule is COC(=O)c1cccc(-c2ccc(CCC(=O)C3CC3c3ccccc3)c3c2CCN(Cc2cc(C)n(C4CC4)c2C)C3)c1. The van der Waals surface area contributed by atoms with Crippen LogP contribution in [0.2, 0.25) is 0 Å². The molecule has 3 aliphatic rings. The number of aromatic nitrogens is 1. The van der Waals surface area contributed by atoms with Gasteiger partial charge in [0.25, 0.3) is 0 Å². The molecule has 2 aliphatic carbocycles. The number of carbonyl (C=O) groups excluding carboxylic acids is 2. The average molecular weight is 587 g/mol. The van der Waals surface area contributed by atoms with Gasteiger partial charge in [-0.3, -0.25) is 9.69 Å². The van der Waals surface area contributed by atoms with Crippen LogP contribution in [0.25, 0.3) is 11.1 Å². The lowest BCUT2D eigenvalue weighted by Crippen LogP contribution is -2.31. The van der Waals surface area contributed by atoms with Gasteiger partial charge in [0.15, 0.2) is 0 Å². The van der Waals surface area contributed by atoms with Crippen molar-refractivity contribution in [2.75, 3.05) is 13.7 Å². The highest BCUT2D eigenvalue weighted by Gasteiger charge is 2.43. The van der Waals surface area contributed by atoms with Crippen LogP contribution in [-0.2, 0) is 35.5 Å². The van der Waals surface area contributed by atoms with Crippen LogP contribution in [0, 0.1) is 19.8 Å². The molecule has 2 unspecified atom stereocenters. The molecule has 3 aromatic carbocycles. The van der Waals surface area contributed by atoms with Crippen LogP contribution in [0.3, 0.4) is 0 Å². The third kappa shape index (κ3) is 5.66. The van der Waals surface area contributed by atoms with Crippen molar-refractivity contribution in [1.82, 2.24) is 9.47 Å². The van der Waals surface area contributed by atoms with Gasteiger partial charge in [0.1, 0.15) is 5.78 Å². The Hall–Kier alpha value is -3.96. The van der Waals surface area contributed by atoms with Crippen LogP contribution in [0.1, 0.15) is 87.2 Å². The maximum Gasteiger partial charge on any atom is 0.337 e. The Kier molecular flexibility index (Phi) is 7.75. The first-order chi connectivity index (χ1) is 21.4. The highest BCUT2D eigenvalue weighted by atomic mass is 16.5. The molecule has 1 aromatic heterocycles. The van der Waals surface area contributed by atoms with E-state index in [0.29, 0.717) is 29.7 Å². The summed E-state index contributed by atoms with van der Waals surface area (Å²) in [7, 11) is 1.42. The topological polar surface area (TPSA) is 51.5 Å². The molecule has 2 atom stereocenters. The van der Waals surface area contributed by atoms with Gasteiger partial charge >= 0.3 is 5.97 Å². The Balaban J connectivity index is 1.15. The van der Waals surface area contributed by atoms with Crippen molar-refractivity contribution in [3.05, 3.63) is 118 Å². The molecule has 0 amide bonds. The summed E-state index contributed by atoms with van der Waals surface area (Å²) in [5.74, 6) is 0.612. The molecule has 2 saturated carbocycles. The Morgan fingerprint density at radius 1 is 0.909 bits per heavy atom. The predicted octanol–water partition coefficient (Wildman–Crippen LogP) is 7.76. The quantitative estimate of drug-likeness (QED) is 0.178. The second-order valence-corrected chi connectivity index (χ2v) is 13.1. The van der Waals surface area contributed by atoms with Crippen molar-refractivity contribution in [3.8, 4) is 11.1 Å². The van der Waals surface area contributed by atoms with Gasteiger partial charge in [0, 0.05) is 49.4 Å². The molecule has 0 radical (unpaired) electrons. The summed E-state index contributed by atoms with van der Waals surface area (Å²) in [5.41, 5.74) is 12.3. The number of methoxy groups -OCH3 is 1. The number of ketones is 1. The molecule has 0 saturated heterocycles. The fraction of sp³-hybridized carbons (Fsp3) is 0.385. The van der Waals surface area contributed by atoms with Gasteiger partial charge in [-0.05, 0) is 109 Å². The molecule has 2 fully saturated rings. The summed E-state index contributed by atoms with van der Waals surface area (Å²) in [6, 6.07) is 25.8. The number of fused-ring (bicyclic) bond motifs is 1. The molecular weight excluding hydrogens is 544 g/mol. The number of Topliss-reactive ketones (excluding diaryl/α,β-unsaturated/α-hetero) is 1. The maximum atomic E-state index is 13.3. The summed E-state index contributed by atoms with van der Waals surface area (Å²) >= 11 is 0. The average Bonchev–Trinajstić information content (AvgIpc) is 3.99. The Morgan fingerprint density at radius 2 is 1.73 bits per heavy atom. The summed E-state index contributed by atoms with van der Waals surface area (Å²) in [6.07, 6.45) is 5.86. The largest absolute Gasteiger partial charge is 0.465 e. The standard InChI is InChI=1S/C39H42N2O3/c1-25-20-31(26(2)41(25)32-14-15-32)23-40-19-18-34-33(29-10-7-11-30(21-29)39(43)44-3)16-12-28(37(34)24-40)13-17-38(42)36-22-35(36)27-8-5-4-6-9-27/h4-12,16,20-21,32,35-36H,13-15,17-19,22-24H2,1-3H3. The lowest BCUT2D eigenvalue weighted by atomic mass is 9.85. The van der Waals surface area contributed by atoms with Gasteiger partial charge in [-0.1, -0.05) is 54.6 Å². The lowest BCUT2D eigenvalue weighted by molar-refractivity contribution is -0.120. The van der Waals surface area contributed by atoms with Gasteiger partial charge in [-0.25, -0.2) is 4.79 Å². The van der Waals surface area contributed by atoms with Gasteiger partial charge in [-0.15, -0.1) is 0 Å². The summed E-state index contributed by atoms with van der Waals surface area (Å²) in [5, 5.41) is 0. The molecule has 226 valence electrons. The van der Waals surface area contributed by atoms with Crippen LogP contribution in [0.4, 0.5) is 0 Å². The van der Waals surface area contributed by atoms with Gasteiger partial charge in [0.2, 0.25) is 0 Å². The van der Waals surface area contributed by atoms with E-state index in [1.165, 1.54) is 64.7 Å². The molecule has 5 nitrogen and oxygen atoms in total. The first kappa shape index (κ1) is 28.8. The Labute approximate surface area is 260 Å². The highest BCUT2D eigenvalue weighted by Crippen LogP contribution is 2.48. The van der Waals surface area contributed by atoms with Crippen LogP contribution >= 0.6 is 0 Å². The van der Waals surface area contributed by atoms with Crippen molar-refractivity contribution < 1.29 is 14.3 Å². The van der Waals surface area contributed by atoms with Crippen molar-refractivity contribution in [1.29, 1.82) is 0 Å². The smallest absolute Gasteiger partial charge is 0.337 e. The summed E-state index contributed by atoms with van der Waals surface area (Å²) in [4.78, 5) is 28.2. The highest BCUT2D eigenvalue weighted by molar-refractivity contribution is 5.91. The second-order valence-electron chi connectivity index (χ2n) is 13.1. The van der Waals surface area contributed by atoms with Crippen molar-refractivity contribution >= 4 is 11.8 Å². The van der Waals surface area contributed by atoms with E-state index >= 15 is 0 Å². The molecular formula is C39H42N2O3. The number of carbonyl (C=O) groups is 2. The zero-order valence-electron chi connectivity index (χ0n) is 26.1. The molecule has 1 aliphatic heterocycles. The van der Waals surface area contributed by atoms with Crippen LogP contribution in [-0.4, -0.2) is 34.9 Å². The van der Waals surface area contributed by atoms with E-state index < -0.39 is 0 Å². The van der Waals surface area contributed by atoms with Crippen LogP contribution < -0.4 is 0 Å². The molecule has 5 heteroatoms. The maximum absolute atomic E-state index is 13.3. The van der Waals surface area contributed by atoms with E-state index in [1.807, 2.05) is 24.3 Å². The predicted molar refractivity (Wildman–Crippen MR) is 174 cm³/mol. The van der Waals surface area contributed by atoms with E-state index in [-0.39, 0.29) is 11.9 Å². The van der Waals surface area contributed by atoms with Crippen LogP contribution in [0.5, 0.6) is 0 Å². The molecule has 4 aromatic rings. The van der Waals surface area contributed by atoms with Crippen LogP contribution in [0.15, 0.2) is 72.8 Å². The number of nitrogens with zero attached hydrogens (tertiary/aromatic N) is 2. The summed E-state index contributed by atoms with van der Waals surface area (Å²) < 4.78 is 7.54. The van der Waals surface area contributed by atoms with Gasteiger partial charge in [0.05, 0.1) is 12.7 Å². The van der Waals surface area contributed by atoms with E-state index in [2.05, 4.69) is 71.8 Å². The van der Waals surface area contributed by atoms with Crippen molar-refractivity contribution in [2.24, 2.45) is 5.92 Å². The van der Waals surface area contributed by atoms with E-state index in [1.54, 1.807) is 0 Å².